The summed E-state index contributed by atoms with van der Waals surface area (Å²) >= 11 is 0. The summed E-state index contributed by atoms with van der Waals surface area (Å²) in [6.07, 6.45) is 1.39. The fourth-order valence-corrected chi connectivity index (χ4v) is 4.32. The van der Waals surface area contributed by atoms with Gasteiger partial charge >= 0.3 is 0 Å². The van der Waals surface area contributed by atoms with Gasteiger partial charge in [-0.05, 0) is 43.3 Å². The molecular formula is C22H25N7O3S. The number of aromatic nitrogens is 5. The zero-order valence-corrected chi connectivity index (χ0v) is 19.9. The predicted octanol–water partition coefficient (Wildman–Crippen LogP) is 3.38. The summed E-state index contributed by atoms with van der Waals surface area (Å²) in [5, 5.41) is 8.68. The van der Waals surface area contributed by atoms with Crippen molar-refractivity contribution >= 4 is 44.0 Å². The zero-order valence-electron chi connectivity index (χ0n) is 19.1. The summed E-state index contributed by atoms with van der Waals surface area (Å²) < 4.78 is 31.8. The van der Waals surface area contributed by atoms with Crippen molar-refractivity contribution in [1.29, 1.82) is 0 Å². The first-order valence-electron chi connectivity index (χ1n) is 10.3. The second-order valence-electron chi connectivity index (χ2n) is 7.47. The number of nitrogens with zero attached hydrogens (tertiary/aromatic N) is 6. The van der Waals surface area contributed by atoms with Crippen molar-refractivity contribution in [2.24, 2.45) is 7.05 Å². The van der Waals surface area contributed by atoms with Gasteiger partial charge in [-0.15, -0.1) is 0 Å². The van der Waals surface area contributed by atoms with Gasteiger partial charge in [0.25, 0.3) is 0 Å². The Morgan fingerprint density at radius 1 is 1.15 bits per heavy atom. The molecule has 4 aromatic rings. The lowest BCUT2D eigenvalue weighted by molar-refractivity contribution is 0.416. The van der Waals surface area contributed by atoms with Gasteiger partial charge in [0.05, 0.1) is 29.0 Å². The van der Waals surface area contributed by atoms with E-state index in [9.17, 15) is 8.42 Å². The molecular weight excluding hydrogens is 442 g/mol. The smallest absolute Gasteiger partial charge is 0.234 e. The van der Waals surface area contributed by atoms with Crippen molar-refractivity contribution in [3.63, 3.8) is 0 Å². The third-order valence-corrected chi connectivity index (χ3v) is 7.25. The number of hydrogen-bond acceptors (Lipinski definition) is 9. The Morgan fingerprint density at radius 2 is 1.94 bits per heavy atom. The SMILES string of the molecule is CCS(=O)(=O)c1ccc(OC)c(Nc2ncnc(N(C)c3ccc4c(C)n(C)nc4c3)n2)c1. The molecule has 0 saturated carbocycles. The highest BCUT2D eigenvalue weighted by atomic mass is 32.2. The third kappa shape index (κ3) is 4.31. The molecule has 0 fully saturated rings. The fraction of sp³-hybridized carbons (Fsp3) is 0.273. The van der Waals surface area contributed by atoms with Crippen LogP contribution < -0.4 is 15.0 Å². The molecule has 0 spiro atoms. The quantitative estimate of drug-likeness (QED) is 0.437. The maximum Gasteiger partial charge on any atom is 0.234 e. The molecule has 2 aromatic carbocycles. The molecule has 4 rings (SSSR count). The molecule has 2 heterocycles. The topological polar surface area (TPSA) is 115 Å². The number of hydrogen-bond donors (Lipinski definition) is 1. The standard InChI is InChI=1S/C22H25N7O3S/c1-6-33(30,31)16-8-10-20(32-5)19(12-16)25-21-23-13-24-22(26-21)28(3)15-7-9-17-14(2)29(4)27-18(17)11-15/h7-13H,6H2,1-5H3,(H,23,24,25,26). The van der Waals surface area contributed by atoms with Gasteiger partial charge in [-0.1, -0.05) is 6.92 Å². The molecule has 0 atom stereocenters. The van der Waals surface area contributed by atoms with Crippen molar-refractivity contribution in [1.82, 2.24) is 24.7 Å². The lowest BCUT2D eigenvalue weighted by Crippen LogP contribution is -2.14. The summed E-state index contributed by atoms with van der Waals surface area (Å²) in [5.41, 5.74) is 3.28. The lowest BCUT2D eigenvalue weighted by atomic mass is 10.2. The third-order valence-electron chi connectivity index (χ3n) is 5.52. The molecule has 0 unspecified atom stereocenters. The lowest BCUT2D eigenvalue weighted by Gasteiger charge is -2.18. The minimum Gasteiger partial charge on any atom is -0.495 e. The molecule has 0 radical (unpaired) electrons. The normalized spacial score (nSPS) is 11.5. The van der Waals surface area contributed by atoms with Crippen LogP contribution >= 0.6 is 0 Å². The second kappa shape index (κ2) is 8.66. The van der Waals surface area contributed by atoms with E-state index in [4.69, 9.17) is 4.74 Å². The molecule has 1 N–H and O–H groups in total. The van der Waals surface area contributed by atoms with Crippen molar-refractivity contribution in [3.8, 4) is 5.75 Å². The summed E-state index contributed by atoms with van der Waals surface area (Å²) in [7, 11) is 1.90. The maximum absolute atomic E-state index is 12.3. The number of benzene rings is 2. The van der Waals surface area contributed by atoms with Crippen LogP contribution in [0.25, 0.3) is 10.9 Å². The van der Waals surface area contributed by atoms with Crippen LogP contribution in [0.2, 0.25) is 0 Å². The van der Waals surface area contributed by atoms with Gasteiger partial charge in [-0.25, -0.2) is 18.4 Å². The van der Waals surface area contributed by atoms with Gasteiger partial charge in [0, 0.05) is 30.9 Å². The number of anilines is 4. The molecule has 33 heavy (non-hydrogen) atoms. The van der Waals surface area contributed by atoms with Crippen molar-refractivity contribution in [2.45, 2.75) is 18.7 Å². The highest BCUT2D eigenvalue weighted by Crippen LogP contribution is 2.31. The summed E-state index contributed by atoms with van der Waals surface area (Å²) in [6.45, 7) is 3.63. The first-order valence-corrected chi connectivity index (χ1v) is 11.9. The van der Waals surface area contributed by atoms with E-state index in [1.807, 2.05) is 48.8 Å². The van der Waals surface area contributed by atoms with E-state index in [-0.39, 0.29) is 16.6 Å². The molecule has 0 amide bonds. The second-order valence-corrected chi connectivity index (χ2v) is 9.75. The Labute approximate surface area is 192 Å². The Kier molecular flexibility index (Phi) is 5.90. The van der Waals surface area contributed by atoms with Crippen LogP contribution in [0.4, 0.5) is 23.3 Å². The number of sulfone groups is 1. The average Bonchev–Trinajstić information content (AvgIpc) is 3.11. The maximum atomic E-state index is 12.3. The van der Waals surface area contributed by atoms with Crippen LogP contribution in [-0.2, 0) is 16.9 Å². The number of aryl methyl sites for hydroxylation is 2. The van der Waals surface area contributed by atoms with Crippen LogP contribution in [0, 0.1) is 6.92 Å². The van der Waals surface area contributed by atoms with Crippen molar-refractivity contribution in [3.05, 3.63) is 48.4 Å². The van der Waals surface area contributed by atoms with E-state index < -0.39 is 9.84 Å². The summed E-state index contributed by atoms with van der Waals surface area (Å²) in [4.78, 5) is 15.0. The number of ether oxygens (including phenoxy) is 1. The Bertz CT molecular complexity index is 1430. The Balaban J connectivity index is 1.65. The van der Waals surface area contributed by atoms with Crippen LogP contribution in [-0.4, -0.2) is 53.1 Å². The highest BCUT2D eigenvalue weighted by Gasteiger charge is 2.16. The largest absolute Gasteiger partial charge is 0.495 e. The number of methoxy groups -OCH3 is 1. The first kappa shape index (κ1) is 22.5. The van der Waals surface area contributed by atoms with E-state index in [2.05, 4.69) is 25.4 Å². The van der Waals surface area contributed by atoms with E-state index >= 15 is 0 Å². The number of rotatable bonds is 7. The van der Waals surface area contributed by atoms with Crippen LogP contribution in [0.3, 0.4) is 0 Å². The molecule has 10 nitrogen and oxygen atoms in total. The first-order chi connectivity index (χ1) is 15.7. The number of nitrogens with one attached hydrogen (secondary N) is 1. The molecule has 11 heteroatoms. The number of fused-ring (bicyclic) bond motifs is 1. The summed E-state index contributed by atoms with van der Waals surface area (Å²) in [6, 6.07) is 10.6. The van der Waals surface area contributed by atoms with Gasteiger partial charge in [0.2, 0.25) is 11.9 Å². The molecule has 0 saturated heterocycles. The van der Waals surface area contributed by atoms with E-state index in [0.717, 1.165) is 22.3 Å². The minimum absolute atomic E-state index is 0.000389. The zero-order chi connectivity index (χ0) is 23.8. The van der Waals surface area contributed by atoms with Gasteiger partial charge in [0.1, 0.15) is 12.1 Å². The van der Waals surface area contributed by atoms with Gasteiger partial charge in [-0.3, -0.25) is 4.68 Å². The Morgan fingerprint density at radius 3 is 2.67 bits per heavy atom. The molecule has 0 aliphatic heterocycles. The van der Waals surface area contributed by atoms with Crippen LogP contribution in [0.1, 0.15) is 12.6 Å². The molecule has 0 aliphatic rings. The van der Waals surface area contributed by atoms with Gasteiger partial charge in [0.15, 0.2) is 9.84 Å². The molecule has 2 aromatic heterocycles. The van der Waals surface area contributed by atoms with Gasteiger partial charge in [-0.2, -0.15) is 10.1 Å². The minimum atomic E-state index is -3.38. The van der Waals surface area contributed by atoms with Crippen LogP contribution in [0.5, 0.6) is 5.75 Å². The molecule has 0 aliphatic carbocycles. The molecule has 0 bridgehead atoms. The molecule has 172 valence electrons. The van der Waals surface area contributed by atoms with Crippen LogP contribution in [0.15, 0.2) is 47.6 Å². The predicted molar refractivity (Wildman–Crippen MR) is 127 cm³/mol. The summed E-state index contributed by atoms with van der Waals surface area (Å²) in [5.74, 6) is 1.14. The highest BCUT2D eigenvalue weighted by molar-refractivity contribution is 7.91. The van der Waals surface area contributed by atoms with Crippen molar-refractivity contribution < 1.29 is 13.2 Å². The van der Waals surface area contributed by atoms with E-state index in [0.29, 0.717) is 17.4 Å². The fourth-order valence-electron chi connectivity index (χ4n) is 3.42. The van der Waals surface area contributed by atoms with Crippen molar-refractivity contribution in [2.75, 3.05) is 30.1 Å². The van der Waals surface area contributed by atoms with Gasteiger partial charge < -0.3 is 15.0 Å². The monoisotopic (exact) mass is 467 g/mol. The Hall–Kier alpha value is -3.73. The average molecular weight is 468 g/mol. The van der Waals surface area contributed by atoms with E-state index in [1.165, 1.54) is 25.6 Å². The van der Waals surface area contributed by atoms with E-state index in [1.54, 1.807) is 13.0 Å².